The van der Waals surface area contributed by atoms with Crippen molar-refractivity contribution in [2.45, 2.75) is 26.3 Å². The van der Waals surface area contributed by atoms with Crippen molar-refractivity contribution >= 4 is 5.82 Å². The Balaban J connectivity index is 1.99. The van der Waals surface area contributed by atoms with Crippen LogP contribution in [0, 0.1) is 11.3 Å². The second kappa shape index (κ2) is 5.78. The summed E-state index contributed by atoms with van der Waals surface area (Å²) in [6, 6.07) is 4.35. The van der Waals surface area contributed by atoms with Gasteiger partial charge in [-0.1, -0.05) is 6.92 Å². The molecule has 2 heterocycles. The molecule has 1 aromatic rings. The number of hydrogen-bond donors (Lipinski definition) is 0. The minimum Gasteiger partial charge on any atom is -0.354 e. The normalized spacial score (nSPS) is 18.4. The molecule has 0 spiro atoms. The molecule has 0 N–H and O–H groups in total. The summed E-state index contributed by atoms with van der Waals surface area (Å²) < 4.78 is 0. The lowest BCUT2D eigenvalue weighted by atomic mass is 10.2. The van der Waals surface area contributed by atoms with Crippen molar-refractivity contribution in [2.75, 3.05) is 31.1 Å². The molecule has 1 atom stereocenters. The molecule has 0 radical (unpaired) electrons. The van der Waals surface area contributed by atoms with E-state index in [0.29, 0.717) is 0 Å². The summed E-state index contributed by atoms with van der Waals surface area (Å²) in [6.07, 6.45) is 2.57. The third kappa shape index (κ3) is 2.77. The number of aryl methyl sites for hydroxylation is 1. The van der Waals surface area contributed by atoms with Crippen molar-refractivity contribution in [3.63, 3.8) is 0 Å². The maximum absolute atomic E-state index is 8.91. The molecule has 0 bridgehead atoms. The zero-order chi connectivity index (χ0) is 13.0. The molecular formula is C13H19N5. The van der Waals surface area contributed by atoms with Crippen LogP contribution in [0.5, 0.6) is 0 Å². The summed E-state index contributed by atoms with van der Waals surface area (Å²) in [5.41, 5.74) is 1.08. The molecule has 18 heavy (non-hydrogen) atoms. The Morgan fingerprint density at radius 3 is 2.67 bits per heavy atom. The Morgan fingerprint density at radius 1 is 1.33 bits per heavy atom. The Bertz CT molecular complexity index is 431. The van der Waals surface area contributed by atoms with E-state index >= 15 is 0 Å². The van der Waals surface area contributed by atoms with E-state index in [9.17, 15) is 0 Å². The molecule has 1 unspecified atom stereocenters. The summed E-state index contributed by atoms with van der Waals surface area (Å²) in [4.78, 5) is 13.0. The first-order chi connectivity index (χ1) is 8.74. The Hall–Kier alpha value is -1.67. The van der Waals surface area contributed by atoms with Crippen molar-refractivity contribution in [3.05, 3.63) is 18.1 Å². The highest BCUT2D eigenvalue weighted by molar-refractivity contribution is 5.39. The summed E-state index contributed by atoms with van der Waals surface area (Å²) in [6.45, 7) is 7.73. The summed E-state index contributed by atoms with van der Waals surface area (Å²) >= 11 is 0. The van der Waals surface area contributed by atoms with Crippen molar-refractivity contribution < 1.29 is 0 Å². The number of nitrogens with zero attached hydrogens (tertiary/aromatic N) is 5. The third-order valence-electron chi connectivity index (χ3n) is 3.44. The average Bonchev–Trinajstić information content (AvgIpc) is 2.46. The Morgan fingerprint density at radius 2 is 2.06 bits per heavy atom. The van der Waals surface area contributed by atoms with Crippen LogP contribution in [-0.2, 0) is 6.42 Å². The number of nitriles is 1. The van der Waals surface area contributed by atoms with Crippen LogP contribution in [-0.4, -0.2) is 47.1 Å². The molecule has 1 saturated heterocycles. The highest BCUT2D eigenvalue weighted by atomic mass is 15.3. The van der Waals surface area contributed by atoms with E-state index in [1.54, 1.807) is 6.33 Å². The molecule has 0 aliphatic carbocycles. The molecule has 2 rings (SSSR count). The third-order valence-corrected chi connectivity index (χ3v) is 3.44. The molecular weight excluding hydrogens is 226 g/mol. The predicted molar refractivity (Wildman–Crippen MR) is 70.3 cm³/mol. The first-order valence-corrected chi connectivity index (χ1v) is 6.44. The van der Waals surface area contributed by atoms with E-state index in [1.165, 1.54) is 0 Å². The zero-order valence-electron chi connectivity index (χ0n) is 11.0. The van der Waals surface area contributed by atoms with Gasteiger partial charge in [-0.15, -0.1) is 0 Å². The molecule has 1 aromatic heterocycles. The van der Waals surface area contributed by atoms with Gasteiger partial charge in [0.1, 0.15) is 12.1 Å². The van der Waals surface area contributed by atoms with Gasteiger partial charge in [0.2, 0.25) is 0 Å². The molecule has 5 nitrogen and oxygen atoms in total. The number of anilines is 1. The van der Waals surface area contributed by atoms with Crippen LogP contribution in [0.15, 0.2) is 12.4 Å². The number of hydrogen-bond acceptors (Lipinski definition) is 5. The standard InChI is InChI=1S/C13H19N5/c1-3-12-8-13(16-10-15-12)18-6-4-17(5-7-18)11(2)9-14/h8,10-11H,3-7H2,1-2H3. The SMILES string of the molecule is CCc1cc(N2CCN(C(C)C#N)CC2)ncn1. The van der Waals surface area contributed by atoms with E-state index in [-0.39, 0.29) is 6.04 Å². The molecule has 1 aliphatic rings. The van der Waals surface area contributed by atoms with Gasteiger partial charge in [-0.05, 0) is 13.3 Å². The Labute approximate surface area is 108 Å². The van der Waals surface area contributed by atoms with Gasteiger partial charge in [0, 0.05) is 37.9 Å². The fourth-order valence-electron chi connectivity index (χ4n) is 2.17. The van der Waals surface area contributed by atoms with Crippen LogP contribution in [0.1, 0.15) is 19.5 Å². The van der Waals surface area contributed by atoms with Crippen LogP contribution in [0.2, 0.25) is 0 Å². The lowest BCUT2D eigenvalue weighted by Crippen LogP contribution is -2.49. The number of rotatable bonds is 3. The van der Waals surface area contributed by atoms with Gasteiger partial charge in [-0.3, -0.25) is 4.90 Å². The first kappa shape index (κ1) is 12.8. The quantitative estimate of drug-likeness (QED) is 0.797. The van der Waals surface area contributed by atoms with Crippen molar-refractivity contribution in [1.29, 1.82) is 5.26 Å². The van der Waals surface area contributed by atoms with Gasteiger partial charge in [0.05, 0.1) is 12.1 Å². The van der Waals surface area contributed by atoms with Crippen LogP contribution < -0.4 is 4.90 Å². The molecule has 1 fully saturated rings. The van der Waals surface area contributed by atoms with Crippen LogP contribution in [0.25, 0.3) is 0 Å². The second-order valence-electron chi connectivity index (χ2n) is 4.55. The molecule has 1 aliphatic heterocycles. The minimum absolute atomic E-state index is 0.00347. The van der Waals surface area contributed by atoms with Gasteiger partial charge in [-0.25, -0.2) is 9.97 Å². The Kier molecular flexibility index (Phi) is 4.11. The second-order valence-corrected chi connectivity index (χ2v) is 4.55. The highest BCUT2D eigenvalue weighted by Crippen LogP contribution is 2.15. The molecule has 5 heteroatoms. The van der Waals surface area contributed by atoms with E-state index in [4.69, 9.17) is 5.26 Å². The van der Waals surface area contributed by atoms with Gasteiger partial charge in [-0.2, -0.15) is 5.26 Å². The first-order valence-electron chi connectivity index (χ1n) is 6.44. The van der Waals surface area contributed by atoms with Crippen LogP contribution >= 0.6 is 0 Å². The van der Waals surface area contributed by atoms with E-state index < -0.39 is 0 Å². The lowest BCUT2D eigenvalue weighted by Gasteiger charge is -2.36. The molecule has 0 aromatic carbocycles. The number of aromatic nitrogens is 2. The van der Waals surface area contributed by atoms with E-state index in [0.717, 1.165) is 44.1 Å². The largest absolute Gasteiger partial charge is 0.354 e. The molecule has 0 amide bonds. The lowest BCUT2D eigenvalue weighted by molar-refractivity contribution is 0.231. The summed E-state index contributed by atoms with van der Waals surface area (Å²) in [7, 11) is 0. The maximum Gasteiger partial charge on any atom is 0.132 e. The van der Waals surface area contributed by atoms with Gasteiger partial charge >= 0.3 is 0 Å². The summed E-state index contributed by atoms with van der Waals surface area (Å²) in [5, 5.41) is 8.91. The van der Waals surface area contributed by atoms with Crippen molar-refractivity contribution in [2.24, 2.45) is 0 Å². The zero-order valence-corrected chi connectivity index (χ0v) is 11.0. The molecule has 96 valence electrons. The fourth-order valence-corrected chi connectivity index (χ4v) is 2.17. The van der Waals surface area contributed by atoms with E-state index in [2.05, 4.69) is 38.8 Å². The van der Waals surface area contributed by atoms with Gasteiger partial charge < -0.3 is 4.90 Å². The fraction of sp³-hybridized carbons (Fsp3) is 0.615. The van der Waals surface area contributed by atoms with Gasteiger partial charge in [0.25, 0.3) is 0 Å². The average molecular weight is 245 g/mol. The highest BCUT2D eigenvalue weighted by Gasteiger charge is 2.21. The number of piperazine rings is 1. The monoisotopic (exact) mass is 245 g/mol. The minimum atomic E-state index is 0.00347. The van der Waals surface area contributed by atoms with Crippen molar-refractivity contribution in [3.8, 4) is 6.07 Å². The summed E-state index contributed by atoms with van der Waals surface area (Å²) in [5.74, 6) is 1.01. The smallest absolute Gasteiger partial charge is 0.132 e. The van der Waals surface area contributed by atoms with E-state index in [1.807, 2.05) is 6.92 Å². The molecule has 0 saturated carbocycles. The predicted octanol–water partition coefficient (Wildman–Crippen LogP) is 1.07. The topological polar surface area (TPSA) is 56.0 Å². The van der Waals surface area contributed by atoms with Crippen molar-refractivity contribution in [1.82, 2.24) is 14.9 Å². The van der Waals surface area contributed by atoms with Gasteiger partial charge in [0.15, 0.2) is 0 Å². The van der Waals surface area contributed by atoms with Crippen LogP contribution in [0.3, 0.4) is 0 Å². The van der Waals surface area contributed by atoms with Crippen LogP contribution in [0.4, 0.5) is 5.82 Å². The maximum atomic E-state index is 8.91.